The summed E-state index contributed by atoms with van der Waals surface area (Å²) in [6.45, 7) is 2.06. The highest BCUT2D eigenvalue weighted by Gasteiger charge is 2.43. The number of aromatic nitrogens is 4. The number of hydrogen-bond acceptors (Lipinski definition) is 8. The van der Waals surface area contributed by atoms with Crippen molar-refractivity contribution in [1.82, 2.24) is 25.3 Å². The molecule has 2 fully saturated rings. The van der Waals surface area contributed by atoms with Crippen LogP contribution >= 0.6 is 0 Å². The lowest BCUT2D eigenvalue weighted by Crippen LogP contribution is -2.26. The number of nitrogens with one attached hydrogen (secondary N) is 3. The van der Waals surface area contributed by atoms with Crippen LogP contribution in [-0.2, 0) is 16.1 Å². The van der Waals surface area contributed by atoms with Crippen molar-refractivity contribution < 1.29 is 18.7 Å². The van der Waals surface area contributed by atoms with Crippen molar-refractivity contribution in [2.75, 3.05) is 42.8 Å². The molecule has 2 aliphatic heterocycles. The van der Waals surface area contributed by atoms with Crippen molar-refractivity contribution in [3.63, 3.8) is 0 Å². The number of hydrogen-bond donors (Lipinski definition) is 3. The third-order valence-corrected chi connectivity index (χ3v) is 7.05. The standard InChI is InChI=1S/C25H27FN8O3/c1-27-25(36)22-19(9-21(31-32-22)30-24(35)15-8-17(15)26)29-18-5-3-4-14-16-10-28-34(13-6-7-37-12-13)20(16)11-33(2)23(14)18/h3-5,9-10,13,15,17H,6-8,11-12H2,1-2H3,(H,27,36)(H2,29,30,31,35)/t13?,15-,17+/m1/s1. The van der Waals surface area contributed by atoms with E-state index in [-0.39, 0.29) is 24.0 Å². The van der Waals surface area contributed by atoms with Crippen molar-refractivity contribution in [1.29, 1.82) is 0 Å². The van der Waals surface area contributed by atoms with Gasteiger partial charge in [-0.05, 0) is 18.9 Å². The molecule has 1 saturated heterocycles. The summed E-state index contributed by atoms with van der Waals surface area (Å²) in [5.74, 6) is -1.41. The average Bonchev–Trinajstić information content (AvgIpc) is 3.23. The van der Waals surface area contributed by atoms with E-state index in [1.54, 1.807) is 0 Å². The van der Waals surface area contributed by atoms with Gasteiger partial charge in [-0.25, -0.2) is 4.39 Å². The molecule has 2 aromatic heterocycles. The van der Waals surface area contributed by atoms with Crippen LogP contribution in [0.5, 0.6) is 0 Å². The van der Waals surface area contributed by atoms with Crippen LogP contribution in [-0.4, -0.2) is 65.3 Å². The van der Waals surface area contributed by atoms with Gasteiger partial charge in [-0.3, -0.25) is 14.3 Å². The van der Waals surface area contributed by atoms with Gasteiger partial charge in [0.15, 0.2) is 11.5 Å². The number of amides is 2. The van der Waals surface area contributed by atoms with Crippen LogP contribution < -0.4 is 20.9 Å². The first-order chi connectivity index (χ1) is 17.9. The molecule has 3 N–H and O–H groups in total. The smallest absolute Gasteiger partial charge is 0.273 e. The lowest BCUT2D eigenvalue weighted by Gasteiger charge is -2.31. The largest absolute Gasteiger partial charge is 0.379 e. The average molecular weight is 507 g/mol. The molecule has 1 aromatic carbocycles. The summed E-state index contributed by atoms with van der Waals surface area (Å²) in [4.78, 5) is 26.9. The summed E-state index contributed by atoms with van der Waals surface area (Å²) in [7, 11) is 3.51. The number of carbonyl (C=O) groups excluding carboxylic acids is 2. The van der Waals surface area contributed by atoms with Gasteiger partial charge < -0.3 is 25.6 Å². The number of anilines is 4. The zero-order valence-electron chi connectivity index (χ0n) is 20.5. The second-order valence-corrected chi connectivity index (χ2v) is 9.57. The van der Waals surface area contributed by atoms with Crippen LogP contribution in [0, 0.1) is 5.92 Å². The van der Waals surface area contributed by atoms with Crippen molar-refractivity contribution in [2.24, 2.45) is 5.92 Å². The Morgan fingerprint density at radius 2 is 2.03 bits per heavy atom. The fraction of sp³-hybridized carbons (Fsp3) is 0.400. The monoisotopic (exact) mass is 506 g/mol. The SMILES string of the molecule is CNC(=O)c1nnc(NC(=O)[C@@H]2C[C@@H]2F)cc1Nc1cccc2c1N(C)Cc1c-2cnn1C1CCOC1. The van der Waals surface area contributed by atoms with E-state index < -0.39 is 23.9 Å². The number of fused-ring (bicyclic) bond motifs is 3. The Hall–Kier alpha value is -4.06. The number of carbonyl (C=O) groups is 2. The van der Waals surface area contributed by atoms with E-state index in [1.165, 1.54) is 13.1 Å². The molecule has 11 nitrogen and oxygen atoms in total. The Kier molecular flexibility index (Phi) is 5.75. The summed E-state index contributed by atoms with van der Waals surface area (Å²) in [5.41, 5.74) is 5.34. The minimum absolute atomic E-state index is 0.0705. The maximum atomic E-state index is 13.3. The quantitative estimate of drug-likeness (QED) is 0.466. The highest BCUT2D eigenvalue weighted by Crippen LogP contribution is 2.45. The predicted molar refractivity (Wildman–Crippen MR) is 135 cm³/mol. The van der Waals surface area contributed by atoms with E-state index in [9.17, 15) is 14.0 Å². The summed E-state index contributed by atoms with van der Waals surface area (Å²) in [6.07, 6.45) is 1.92. The normalized spacial score (nSPS) is 21.7. The van der Waals surface area contributed by atoms with Gasteiger partial charge in [0.05, 0.1) is 54.1 Å². The fourth-order valence-corrected chi connectivity index (χ4v) is 5.01. The zero-order chi connectivity index (χ0) is 25.7. The summed E-state index contributed by atoms with van der Waals surface area (Å²) in [5, 5.41) is 21.2. The molecule has 4 heterocycles. The molecular weight excluding hydrogens is 479 g/mol. The van der Waals surface area contributed by atoms with Crippen molar-refractivity contribution in [2.45, 2.75) is 31.6 Å². The van der Waals surface area contributed by atoms with Gasteiger partial charge in [-0.1, -0.05) is 12.1 Å². The van der Waals surface area contributed by atoms with Gasteiger partial charge >= 0.3 is 0 Å². The first kappa shape index (κ1) is 23.3. The lowest BCUT2D eigenvalue weighted by atomic mass is 9.97. The summed E-state index contributed by atoms with van der Waals surface area (Å²) < 4.78 is 21.0. The topological polar surface area (TPSA) is 126 Å². The highest BCUT2D eigenvalue weighted by atomic mass is 19.1. The Labute approximate surface area is 212 Å². The molecule has 0 bridgehead atoms. The number of halogens is 1. The van der Waals surface area contributed by atoms with E-state index in [4.69, 9.17) is 9.84 Å². The molecule has 37 heavy (non-hydrogen) atoms. The third-order valence-electron chi connectivity index (χ3n) is 7.05. The number of nitrogens with zero attached hydrogens (tertiary/aromatic N) is 5. The van der Waals surface area contributed by atoms with E-state index in [0.29, 0.717) is 18.8 Å². The Morgan fingerprint density at radius 3 is 2.76 bits per heavy atom. The van der Waals surface area contributed by atoms with Gasteiger partial charge in [-0.2, -0.15) is 5.10 Å². The molecule has 192 valence electrons. The van der Waals surface area contributed by atoms with E-state index in [2.05, 4.69) is 35.7 Å². The zero-order valence-corrected chi connectivity index (χ0v) is 20.5. The number of para-hydroxylation sites is 1. The van der Waals surface area contributed by atoms with Crippen LogP contribution in [0.3, 0.4) is 0 Å². The second-order valence-electron chi connectivity index (χ2n) is 9.57. The minimum Gasteiger partial charge on any atom is -0.379 e. The molecule has 1 aliphatic carbocycles. The van der Waals surface area contributed by atoms with Crippen molar-refractivity contribution >= 4 is 34.7 Å². The van der Waals surface area contributed by atoms with Crippen molar-refractivity contribution in [3.05, 3.63) is 41.9 Å². The van der Waals surface area contributed by atoms with Crippen LogP contribution in [0.4, 0.5) is 27.3 Å². The van der Waals surface area contributed by atoms with Crippen LogP contribution in [0.1, 0.15) is 35.1 Å². The number of alkyl halides is 1. The minimum atomic E-state index is -1.13. The lowest BCUT2D eigenvalue weighted by molar-refractivity contribution is -0.117. The number of rotatable bonds is 6. The van der Waals surface area contributed by atoms with Gasteiger partial charge in [0.25, 0.3) is 5.91 Å². The molecule has 2 amide bonds. The molecule has 1 unspecified atom stereocenters. The third kappa shape index (κ3) is 4.16. The molecule has 12 heteroatoms. The number of ether oxygens (including phenoxy) is 1. The first-order valence-corrected chi connectivity index (χ1v) is 12.2. The van der Waals surface area contributed by atoms with Gasteiger partial charge in [0, 0.05) is 37.9 Å². The Balaban J connectivity index is 1.35. The second kappa shape index (κ2) is 9.11. The Morgan fingerprint density at radius 1 is 1.19 bits per heavy atom. The first-order valence-electron chi connectivity index (χ1n) is 12.2. The van der Waals surface area contributed by atoms with Crippen LogP contribution in [0.15, 0.2) is 30.5 Å². The molecule has 0 spiro atoms. The number of benzene rings is 1. The van der Waals surface area contributed by atoms with Crippen LogP contribution in [0.2, 0.25) is 0 Å². The van der Waals surface area contributed by atoms with E-state index in [1.807, 2.05) is 31.4 Å². The summed E-state index contributed by atoms with van der Waals surface area (Å²) in [6, 6.07) is 7.67. The van der Waals surface area contributed by atoms with E-state index >= 15 is 0 Å². The van der Waals surface area contributed by atoms with Gasteiger partial charge in [0.2, 0.25) is 5.91 Å². The molecule has 3 aliphatic rings. The molecular formula is C25H27FN8O3. The van der Waals surface area contributed by atoms with Gasteiger partial charge in [-0.15, -0.1) is 10.2 Å². The van der Waals surface area contributed by atoms with Gasteiger partial charge in [0.1, 0.15) is 6.17 Å². The predicted octanol–water partition coefficient (Wildman–Crippen LogP) is 2.65. The van der Waals surface area contributed by atoms with E-state index in [0.717, 1.165) is 41.2 Å². The molecule has 3 aromatic rings. The highest BCUT2D eigenvalue weighted by molar-refractivity contribution is 6.01. The molecule has 3 atom stereocenters. The van der Waals surface area contributed by atoms with Crippen LogP contribution in [0.25, 0.3) is 11.1 Å². The molecule has 0 radical (unpaired) electrons. The maximum absolute atomic E-state index is 13.3. The maximum Gasteiger partial charge on any atom is 0.273 e. The van der Waals surface area contributed by atoms with Crippen molar-refractivity contribution in [3.8, 4) is 11.1 Å². The Bertz CT molecular complexity index is 1390. The molecule has 6 rings (SSSR count). The summed E-state index contributed by atoms with van der Waals surface area (Å²) >= 11 is 0. The fourth-order valence-electron chi connectivity index (χ4n) is 5.01. The molecule has 1 saturated carbocycles.